The number of phenols is 1. The molecule has 18 heavy (non-hydrogen) atoms. The Kier molecular flexibility index (Phi) is 3.63. The number of benzene rings is 1. The van der Waals surface area contributed by atoms with Gasteiger partial charge >= 0.3 is 0 Å². The van der Waals surface area contributed by atoms with E-state index in [1.165, 1.54) is 0 Å². The fourth-order valence-electron chi connectivity index (χ4n) is 1.95. The zero-order chi connectivity index (χ0) is 13.1. The number of fused-ring (bicyclic) bond motifs is 1. The Labute approximate surface area is 106 Å². The highest BCUT2D eigenvalue weighted by atomic mass is 16.3. The molecule has 94 valence electrons. The predicted molar refractivity (Wildman–Crippen MR) is 70.4 cm³/mol. The molecule has 0 saturated carbocycles. The SMILES string of the molecule is CC(=CCc1cc2c(cc1O)CC(=O)C=C2)CO. The number of ketones is 1. The Bertz CT molecular complexity index is 539. The van der Waals surface area contributed by atoms with Crippen molar-refractivity contribution in [2.75, 3.05) is 6.61 Å². The van der Waals surface area contributed by atoms with Crippen LogP contribution >= 0.6 is 0 Å². The van der Waals surface area contributed by atoms with Crippen LogP contribution < -0.4 is 0 Å². The minimum Gasteiger partial charge on any atom is -0.508 e. The predicted octanol–water partition coefficient (Wildman–Crippen LogP) is 2.01. The number of carbonyl (C=O) groups is 1. The number of aliphatic hydroxyl groups excluding tert-OH is 1. The Morgan fingerprint density at radius 2 is 2.17 bits per heavy atom. The number of carbonyl (C=O) groups excluding carboxylic acids is 1. The number of hydrogen-bond donors (Lipinski definition) is 2. The smallest absolute Gasteiger partial charge is 0.160 e. The van der Waals surface area contributed by atoms with Crippen LogP contribution in [0.3, 0.4) is 0 Å². The minimum absolute atomic E-state index is 0.0279. The first-order valence-corrected chi connectivity index (χ1v) is 5.92. The zero-order valence-electron chi connectivity index (χ0n) is 10.3. The van der Waals surface area contributed by atoms with Crippen LogP contribution in [0.15, 0.2) is 29.9 Å². The number of allylic oxidation sites excluding steroid dienone is 2. The standard InChI is InChI=1S/C15H16O3/c1-10(9-16)2-3-12-6-11-4-5-14(17)7-13(11)8-15(12)18/h2,4-6,8,16,18H,3,7,9H2,1H3. The molecule has 0 fully saturated rings. The van der Waals surface area contributed by atoms with Gasteiger partial charge in [-0.05, 0) is 48.2 Å². The minimum atomic E-state index is 0.0279. The fraction of sp³-hybridized carbons (Fsp3) is 0.267. The number of rotatable bonds is 3. The van der Waals surface area contributed by atoms with Gasteiger partial charge < -0.3 is 10.2 Å². The quantitative estimate of drug-likeness (QED) is 0.800. The average Bonchev–Trinajstić information content (AvgIpc) is 2.35. The lowest BCUT2D eigenvalue weighted by atomic mass is 9.93. The normalized spacial score (nSPS) is 14.8. The van der Waals surface area contributed by atoms with Crippen LogP contribution in [0.5, 0.6) is 5.75 Å². The van der Waals surface area contributed by atoms with E-state index in [1.807, 2.05) is 19.1 Å². The maximum atomic E-state index is 11.3. The molecule has 3 heteroatoms. The van der Waals surface area contributed by atoms with Crippen molar-refractivity contribution in [2.24, 2.45) is 0 Å². The van der Waals surface area contributed by atoms with E-state index in [2.05, 4.69) is 0 Å². The molecule has 0 atom stereocenters. The molecule has 0 spiro atoms. The summed E-state index contributed by atoms with van der Waals surface area (Å²) in [7, 11) is 0. The topological polar surface area (TPSA) is 57.5 Å². The molecule has 1 aromatic rings. The van der Waals surface area contributed by atoms with Gasteiger partial charge in [0.2, 0.25) is 0 Å². The molecule has 0 bridgehead atoms. The second-order valence-electron chi connectivity index (χ2n) is 4.57. The summed E-state index contributed by atoms with van der Waals surface area (Å²) < 4.78 is 0. The molecule has 2 rings (SSSR count). The van der Waals surface area contributed by atoms with Crippen LogP contribution in [0, 0.1) is 0 Å². The molecule has 0 heterocycles. The van der Waals surface area contributed by atoms with E-state index >= 15 is 0 Å². The van der Waals surface area contributed by atoms with E-state index in [1.54, 1.807) is 18.2 Å². The molecule has 0 saturated heterocycles. The first-order valence-electron chi connectivity index (χ1n) is 5.92. The number of hydrogen-bond acceptors (Lipinski definition) is 3. The Hall–Kier alpha value is -1.87. The van der Waals surface area contributed by atoms with Crippen LogP contribution in [-0.4, -0.2) is 22.6 Å². The Balaban J connectivity index is 2.30. The van der Waals surface area contributed by atoms with Crippen molar-refractivity contribution in [3.8, 4) is 5.75 Å². The maximum Gasteiger partial charge on any atom is 0.160 e. The van der Waals surface area contributed by atoms with Gasteiger partial charge in [0.1, 0.15) is 5.75 Å². The molecular formula is C15H16O3. The van der Waals surface area contributed by atoms with Crippen molar-refractivity contribution in [2.45, 2.75) is 19.8 Å². The van der Waals surface area contributed by atoms with Gasteiger partial charge in [-0.25, -0.2) is 0 Å². The molecule has 0 amide bonds. The van der Waals surface area contributed by atoms with Crippen LogP contribution in [0.25, 0.3) is 6.08 Å². The number of aliphatic hydroxyl groups is 1. The van der Waals surface area contributed by atoms with Gasteiger partial charge in [0.05, 0.1) is 6.61 Å². The van der Waals surface area contributed by atoms with Gasteiger partial charge in [-0.1, -0.05) is 17.7 Å². The van der Waals surface area contributed by atoms with Crippen molar-refractivity contribution >= 4 is 11.9 Å². The van der Waals surface area contributed by atoms with Gasteiger partial charge in [0.15, 0.2) is 5.78 Å². The summed E-state index contributed by atoms with van der Waals surface area (Å²) >= 11 is 0. The largest absolute Gasteiger partial charge is 0.508 e. The van der Waals surface area contributed by atoms with Crippen molar-refractivity contribution in [3.05, 3.63) is 46.5 Å². The summed E-state index contributed by atoms with van der Waals surface area (Å²) in [5.74, 6) is 0.268. The van der Waals surface area contributed by atoms with Crippen molar-refractivity contribution < 1.29 is 15.0 Å². The highest BCUT2D eigenvalue weighted by Crippen LogP contribution is 2.27. The molecule has 0 unspecified atom stereocenters. The third-order valence-electron chi connectivity index (χ3n) is 3.07. The van der Waals surface area contributed by atoms with Gasteiger partial charge in [-0.15, -0.1) is 0 Å². The summed E-state index contributed by atoms with van der Waals surface area (Å²) in [4.78, 5) is 11.3. The Morgan fingerprint density at radius 1 is 1.39 bits per heavy atom. The van der Waals surface area contributed by atoms with E-state index in [4.69, 9.17) is 5.11 Å². The lowest BCUT2D eigenvalue weighted by molar-refractivity contribution is -0.114. The van der Waals surface area contributed by atoms with E-state index in [-0.39, 0.29) is 18.1 Å². The molecule has 3 nitrogen and oxygen atoms in total. The highest BCUT2D eigenvalue weighted by Gasteiger charge is 2.13. The zero-order valence-corrected chi connectivity index (χ0v) is 10.3. The molecular weight excluding hydrogens is 228 g/mol. The van der Waals surface area contributed by atoms with E-state index in [0.29, 0.717) is 12.8 Å². The van der Waals surface area contributed by atoms with Gasteiger partial charge in [0.25, 0.3) is 0 Å². The summed E-state index contributed by atoms with van der Waals surface area (Å²) in [5, 5.41) is 18.8. The second-order valence-corrected chi connectivity index (χ2v) is 4.57. The lowest BCUT2D eigenvalue weighted by Gasteiger charge is -2.12. The Morgan fingerprint density at radius 3 is 2.89 bits per heavy atom. The summed E-state index contributed by atoms with van der Waals surface area (Å²) in [6.45, 7) is 1.87. The lowest BCUT2D eigenvalue weighted by Crippen LogP contribution is -2.05. The number of aromatic hydroxyl groups is 1. The summed E-state index contributed by atoms with van der Waals surface area (Å²) in [6, 6.07) is 3.56. The van der Waals surface area contributed by atoms with Crippen molar-refractivity contribution in [1.29, 1.82) is 0 Å². The maximum absolute atomic E-state index is 11.3. The first-order chi connectivity index (χ1) is 8.60. The highest BCUT2D eigenvalue weighted by molar-refractivity contribution is 5.98. The summed E-state index contributed by atoms with van der Waals surface area (Å²) in [6.07, 6.45) is 6.17. The second kappa shape index (κ2) is 5.19. The van der Waals surface area contributed by atoms with E-state index in [0.717, 1.165) is 22.3 Å². The van der Waals surface area contributed by atoms with Crippen LogP contribution in [-0.2, 0) is 17.6 Å². The van der Waals surface area contributed by atoms with Gasteiger partial charge in [-0.2, -0.15) is 0 Å². The van der Waals surface area contributed by atoms with Crippen molar-refractivity contribution in [1.82, 2.24) is 0 Å². The molecule has 0 aromatic heterocycles. The van der Waals surface area contributed by atoms with Gasteiger partial charge in [-0.3, -0.25) is 4.79 Å². The molecule has 2 N–H and O–H groups in total. The molecule has 1 aliphatic carbocycles. The molecule has 0 aliphatic heterocycles. The fourth-order valence-corrected chi connectivity index (χ4v) is 1.95. The third kappa shape index (κ3) is 2.68. The van der Waals surface area contributed by atoms with Crippen LogP contribution in [0.1, 0.15) is 23.6 Å². The third-order valence-corrected chi connectivity index (χ3v) is 3.07. The van der Waals surface area contributed by atoms with E-state index < -0.39 is 0 Å². The molecule has 1 aromatic carbocycles. The van der Waals surface area contributed by atoms with Crippen LogP contribution in [0.2, 0.25) is 0 Å². The van der Waals surface area contributed by atoms with Crippen LogP contribution in [0.4, 0.5) is 0 Å². The average molecular weight is 244 g/mol. The van der Waals surface area contributed by atoms with E-state index in [9.17, 15) is 9.90 Å². The molecule has 1 aliphatic rings. The monoisotopic (exact) mass is 244 g/mol. The first kappa shape index (κ1) is 12.6. The molecule has 0 radical (unpaired) electrons. The van der Waals surface area contributed by atoms with Crippen molar-refractivity contribution in [3.63, 3.8) is 0 Å². The summed E-state index contributed by atoms with van der Waals surface area (Å²) in [5.41, 5.74) is 3.53. The van der Waals surface area contributed by atoms with Gasteiger partial charge in [0, 0.05) is 6.42 Å². The number of phenolic OH excluding ortho intramolecular Hbond substituents is 1.